The highest BCUT2D eigenvalue weighted by Gasteiger charge is 2.46. The first-order valence-electron chi connectivity index (χ1n) is 25.1. The summed E-state index contributed by atoms with van der Waals surface area (Å²) in [6.45, 7) is -2.44. The molecule has 16 N–H and O–H groups in total. The molecule has 31 nitrogen and oxygen atoms in total. The summed E-state index contributed by atoms with van der Waals surface area (Å²) in [5, 5.41) is 130. The average molecular weight is 1100 g/mol. The van der Waals surface area contributed by atoms with E-state index in [0.717, 1.165) is 0 Å². The Hall–Kier alpha value is -4.23. The van der Waals surface area contributed by atoms with Gasteiger partial charge in [0, 0.05) is 63.7 Å². The molecule has 0 saturated carbocycles. The Kier molecular flexibility index (Phi) is 27.1. The third kappa shape index (κ3) is 19.3. The summed E-state index contributed by atoms with van der Waals surface area (Å²) in [6, 6.07) is 0. The van der Waals surface area contributed by atoms with Crippen LogP contribution in [0.4, 0.5) is 0 Å². The Morgan fingerprint density at radius 1 is 0.474 bits per heavy atom. The third-order valence-electron chi connectivity index (χ3n) is 13.0. The molecule has 0 bridgehead atoms. The predicted octanol–water partition coefficient (Wildman–Crippen LogP) is -8.46. The first kappa shape index (κ1) is 64.3. The van der Waals surface area contributed by atoms with Crippen LogP contribution < -0.4 is 21.3 Å². The fraction of sp³-hybridized carbons (Fsp3) is 0.844. The number of imide groups is 1. The molecule has 0 aromatic heterocycles. The molecular weight excluding hydrogens is 1030 g/mol. The molecule has 4 rings (SSSR count). The van der Waals surface area contributed by atoms with E-state index in [1.807, 2.05) is 0 Å². The highest BCUT2D eigenvalue weighted by Crippen LogP contribution is 2.28. The van der Waals surface area contributed by atoms with Gasteiger partial charge < -0.3 is 116 Å². The number of aliphatic hydroxyl groups excluding tert-OH is 12. The van der Waals surface area contributed by atoms with Crippen LogP contribution in [0.5, 0.6) is 0 Å². The van der Waals surface area contributed by atoms with E-state index in [4.69, 9.17) is 33.3 Å². The van der Waals surface area contributed by atoms with Crippen molar-refractivity contribution in [3.63, 3.8) is 0 Å². The molecule has 6 amide bonds. The summed E-state index contributed by atoms with van der Waals surface area (Å²) in [5.74, 6) is -5.10. The maximum Gasteiger partial charge on any atom is 0.333 e. The molecule has 4 saturated heterocycles. The maximum absolute atomic E-state index is 13.7. The van der Waals surface area contributed by atoms with E-state index in [2.05, 4.69) is 21.3 Å². The SMILES string of the molecule is O=C(CCC(CCC(=O)NCCCO[C@H]1O[C@H](CO)[C@@H](O)[C@H](O)[C@@H]1O)(CCC(=O)NCCCO[C@H]1O[C@H](CO)[C@@H](O)[C@H](O)[C@@H]1O)NC(=O)CCC(=O)ON1C(=O)CCC1=O)NCCCO[C@H]1O[C@H](CO)[C@@H](O)[C@H](O)[C@@H]1O. The van der Waals surface area contributed by atoms with E-state index in [9.17, 15) is 94.8 Å². The topological polar surface area (TPSA) is 478 Å². The van der Waals surface area contributed by atoms with Crippen LogP contribution in [0, 0.1) is 0 Å². The molecule has 15 atom stereocenters. The minimum Gasteiger partial charge on any atom is -0.394 e. The smallest absolute Gasteiger partial charge is 0.333 e. The molecule has 31 heteroatoms. The van der Waals surface area contributed by atoms with Gasteiger partial charge in [0.15, 0.2) is 18.9 Å². The van der Waals surface area contributed by atoms with Crippen LogP contribution in [-0.2, 0) is 66.8 Å². The highest BCUT2D eigenvalue weighted by molar-refractivity contribution is 6.01. The average Bonchev–Trinajstić information content (AvgIpc) is 3.72. The Morgan fingerprint density at radius 2 is 0.803 bits per heavy atom. The number of nitrogens with zero attached hydrogens (tertiary/aromatic N) is 1. The number of ether oxygens (including phenoxy) is 6. The lowest BCUT2D eigenvalue weighted by Crippen LogP contribution is -2.59. The summed E-state index contributed by atoms with van der Waals surface area (Å²) >= 11 is 0. The van der Waals surface area contributed by atoms with Gasteiger partial charge >= 0.3 is 5.97 Å². The van der Waals surface area contributed by atoms with Crippen molar-refractivity contribution in [1.29, 1.82) is 0 Å². The van der Waals surface area contributed by atoms with Crippen molar-refractivity contribution in [2.75, 3.05) is 59.3 Å². The van der Waals surface area contributed by atoms with Crippen LogP contribution in [0.2, 0.25) is 0 Å². The molecule has 0 aromatic rings. The first-order valence-corrected chi connectivity index (χ1v) is 25.1. The van der Waals surface area contributed by atoms with Crippen LogP contribution in [0.1, 0.15) is 83.5 Å². The standard InChI is InChI=1S/C45H75N5O26/c51-20-23-33(61)36(64)39(67)42(73-23)70-17-1-14-46-26(54)8-11-45(49-29(57)4-7-32(60)76-50-30(58)5-6-31(50)59,12-9-27(55)47-15-2-18-71-43-40(68)37(65)34(62)24(21-52)74-43)13-10-28(56)48-16-3-19-72-44-41(69)38(66)35(63)25(22-53)75-44/h23-25,33-44,51-53,61-69H,1-22H2,(H,46,54)(H,47,55)(H,48,56)(H,49,57)/t23-,24-,25-,33-,34-,35-,36+,37+,38+,39+,40+,41+,42+,43+,44+/m1/s1. The van der Waals surface area contributed by atoms with E-state index in [0.29, 0.717) is 5.06 Å². The second-order valence-electron chi connectivity index (χ2n) is 18.7. The number of carbonyl (C=O) groups excluding carboxylic acids is 7. The second kappa shape index (κ2) is 32.0. The van der Waals surface area contributed by atoms with E-state index in [1.54, 1.807) is 0 Å². The molecule has 4 aliphatic rings. The van der Waals surface area contributed by atoms with Gasteiger partial charge in [0.1, 0.15) is 73.2 Å². The molecule has 4 aliphatic heterocycles. The molecule has 436 valence electrons. The van der Waals surface area contributed by atoms with E-state index >= 15 is 0 Å². The Bertz CT molecular complexity index is 1700. The zero-order valence-corrected chi connectivity index (χ0v) is 41.7. The van der Waals surface area contributed by atoms with Gasteiger partial charge in [0.25, 0.3) is 11.8 Å². The van der Waals surface area contributed by atoms with Crippen LogP contribution in [0.15, 0.2) is 0 Å². The van der Waals surface area contributed by atoms with Gasteiger partial charge in [-0.2, -0.15) is 0 Å². The molecule has 0 aliphatic carbocycles. The van der Waals surface area contributed by atoms with Gasteiger partial charge in [-0.25, -0.2) is 4.79 Å². The van der Waals surface area contributed by atoms with Crippen molar-refractivity contribution in [2.24, 2.45) is 0 Å². The lowest BCUT2D eigenvalue weighted by Gasteiger charge is -2.39. The maximum atomic E-state index is 13.7. The van der Waals surface area contributed by atoms with E-state index in [1.165, 1.54) is 0 Å². The van der Waals surface area contributed by atoms with Gasteiger partial charge in [0.05, 0.1) is 46.1 Å². The molecule has 4 fully saturated rings. The third-order valence-corrected chi connectivity index (χ3v) is 13.0. The van der Waals surface area contributed by atoms with E-state index in [-0.39, 0.29) is 110 Å². The summed E-state index contributed by atoms with van der Waals surface area (Å²) in [7, 11) is 0. The summed E-state index contributed by atoms with van der Waals surface area (Å²) < 4.78 is 32.3. The number of rotatable bonds is 32. The van der Waals surface area contributed by atoms with Crippen molar-refractivity contribution in [3.05, 3.63) is 0 Å². The van der Waals surface area contributed by atoms with Crippen molar-refractivity contribution in [2.45, 2.75) is 181 Å². The van der Waals surface area contributed by atoms with Gasteiger partial charge in [-0.1, -0.05) is 0 Å². The molecule has 0 spiro atoms. The highest BCUT2D eigenvalue weighted by atomic mass is 16.7. The summed E-state index contributed by atoms with van der Waals surface area (Å²) in [6.07, 6.45) is -25.3. The van der Waals surface area contributed by atoms with Crippen molar-refractivity contribution < 1.29 is 128 Å². The lowest BCUT2D eigenvalue weighted by atomic mass is 9.83. The summed E-state index contributed by atoms with van der Waals surface area (Å²) in [5.41, 5.74) is -1.53. The Morgan fingerprint density at radius 3 is 1.12 bits per heavy atom. The van der Waals surface area contributed by atoms with Crippen molar-refractivity contribution >= 4 is 41.4 Å². The van der Waals surface area contributed by atoms with Gasteiger partial charge in [-0.3, -0.25) is 28.8 Å². The number of aliphatic hydroxyl groups is 12. The number of nitrogens with one attached hydrogen (secondary N) is 4. The number of amides is 6. The number of hydrogen-bond acceptors (Lipinski definition) is 26. The number of hydroxylamine groups is 2. The zero-order valence-electron chi connectivity index (χ0n) is 41.7. The van der Waals surface area contributed by atoms with Crippen molar-refractivity contribution in [3.8, 4) is 0 Å². The monoisotopic (exact) mass is 1100 g/mol. The Labute approximate surface area is 435 Å². The summed E-state index contributed by atoms with van der Waals surface area (Å²) in [4.78, 5) is 95.2. The van der Waals surface area contributed by atoms with Crippen molar-refractivity contribution in [1.82, 2.24) is 26.3 Å². The largest absolute Gasteiger partial charge is 0.394 e. The van der Waals surface area contributed by atoms with Crippen LogP contribution in [0.3, 0.4) is 0 Å². The molecule has 0 unspecified atom stereocenters. The zero-order chi connectivity index (χ0) is 56.1. The van der Waals surface area contributed by atoms with Crippen LogP contribution in [0.25, 0.3) is 0 Å². The normalized spacial score (nSPS) is 30.9. The molecular formula is C45H75N5O26. The first-order chi connectivity index (χ1) is 36.1. The minimum atomic E-state index is -1.67. The molecule has 76 heavy (non-hydrogen) atoms. The Balaban J connectivity index is 1.40. The number of carbonyl (C=O) groups is 7. The predicted molar refractivity (Wildman–Crippen MR) is 247 cm³/mol. The van der Waals surface area contributed by atoms with Crippen LogP contribution in [-0.4, -0.2) is 265 Å². The fourth-order valence-electron chi connectivity index (χ4n) is 8.38. The quantitative estimate of drug-likeness (QED) is 0.0220. The van der Waals surface area contributed by atoms with Gasteiger partial charge in [-0.05, 0) is 38.5 Å². The number of hydrogen-bond donors (Lipinski definition) is 16. The molecule has 0 aromatic carbocycles. The molecule has 0 radical (unpaired) electrons. The fourth-order valence-corrected chi connectivity index (χ4v) is 8.38. The minimum absolute atomic E-state index is 0.00917. The lowest BCUT2D eigenvalue weighted by molar-refractivity contribution is -0.301. The van der Waals surface area contributed by atoms with Gasteiger partial charge in [0.2, 0.25) is 23.6 Å². The van der Waals surface area contributed by atoms with Crippen LogP contribution >= 0.6 is 0 Å². The second-order valence-corrected chi connectivity index (χ2v) is 18.7. The molecule has 4 heterocycles. The van der Waals surface area contributed by atoms with E-state index < -0.39 is 172 Å². The van der Waals surface area contributed by atoms with Gasteiger partial charge in [-0.15, -0.1) is 5.06 Å².